The molecule has 12 heteroatoms. The highest BCUT2D eigenvalue weighted by atomic mass is 19.3. The molecule has 0 radical (unpaired) electrons. The van der Waals surface area contributed by atoms with Crippen molar-refractivity contribution in [1.29, 1.82) is 0 Å². The van der Waals surface area contributed by atoms with Gasteiger partial charge in [-0.05, 0) is 26.0 Å². The van der Waals surface area contributed by atoms with Gasteiger partial charge in [-0.1, -0.05) is 0 Å². The largest absolute Gasteiger partial charge is 0.433 e. The second kappa shape index (κ2) is 10.7. The summed E-state index contributed by atoms with van der Waals surface area (Å²) < 4.78 is 35.3. The Morgan fingerprint density at radius 3 is 2.63 bits per heavy atom. The second-order valence-corrected chi connectivity index (χ2v) is 6.71. The highest BCUT2D eigenvalue weighted by molar-refractivity contribution is 5.99. The van der Waals surface area contributed by atoms with Crippen molar-refractivity contribution in [1.82, 2.24) is 10.6 Å². The van der Waals surface area contributed by atoms with Crippen LogP contribution in [-0.2, 0) is 14.3 Å². The molecule has 5 N–H and O–H groups in total. The molecule has 1 aliphatic rings. The molecule has 0 bridgehead atoms. The third-order valence-corrected chi connectivity index (χ3v) is 4.01. The highest BCUT2D eigenvalue weighted by Crippen LogP contribution is 2.32. The number of nitrogens with zero attached hydrogens (tertiary/aromatic N) is 1. The summed E-state index contributed by atoms with van der Waals surface area (Å²) in [5, 5.41) is 7.38. The predicted molar refractivity (Wildman–Crippen MR) is 105 cm³/mol. The first-order valence-electron chi connectivity index (χ1n) is 9.26. The van der Waals surface area contributed by atoms with E-state index in [9.17, 15) is 23.2 Å². The molecule has 0 aromatic heterocycles. The quantitative estimate of drug-likeness (QED) is 0.479. The molecule has 1 aromatic carbocycles. The Labute approximate surface area is 172 Å². The topological polar surface area (TPSA) is 135 Å². The molecule has 10 nitrogen and oxygen atoms in total. The Kier molecular flexibility index (Phi) is 8.30. The number of urea groups is 1. The number of hydrogen-bond donors (Lipinski definition) is 4. The van der Waals surface area contributed by atoms with Gasteiger partial charge in [0, 0.05) is 30.9 Å². The third kappa shape index (κ3) is 6.52. The lowest BCUT2D eigenvalue weighted by molar-refractivity contribution is -0.125. The molecule has 0 spiro atoms. The van der Waals surface area contributed by atoms with Crippen LogP contribution in [0.15, 0.2) is 18.2 Å². The normalized spacial score (nSPS) is 15.2. The van der Waals surface area contributed by atoms with E-state index in [1.54, 1.807) is 13.8 Å². The number of nitrogens with two attached hydrogens (primary N) is 1. The molecule has 1 aliphatic heterocycles. The summed E-state index contributed by atoms with van der Waals surface area (Å²) in [7, 11) is 0. The van der Waals surface area contributed by atoms with E-state index >= 15 is 0 Å². The van der Waals surface area contributed by atoms with Gasteiger partial charge in [-0.25, -0.2) is 4.79 Å². The lowest BCUT2D eigenvalue weighted by Crippen LogP contribution is -2.52. The van der Waals surface area contributed by atoms with E-state index in [1.807, 2.05) is 0 Å². The van der Waals surface area contributed by atoms with E-state index < -0.39 is 24.6 Å². The second-order valence-electron chi connectivity index (χ2n) is 6.71. The Bertz CT molecular complexity index is 777. The molecule has 0 aliphatic carbocycles. The van der Waals surface area contributed by atoms with Crippen molar-refractivity contribution in [2.24, 2.45) is 5.73 Å². The molecular formula is C18H25F2N5O5. The van der Waals surface area contributed by atoms with Crippen LogP contribution >= 0.6 is 0 Å². The number of rotatable bonds is 8. The maximum absolute atomic E-state index is 12.9. The third-order valence-electron chi connectivity index (χ3n) is 4.01. The maximum Gasteiger partial charge on any atom is 0.387 e. The molecule has 1 aromatic rings. The van der Waals surface area contributed by atoms with Gasteiger partial charge in [0.15, 0.2) is 5.75 Å². The van der Waals surface area contributed by atoms with E-state index in [0.29, 0.717) is 12.3 Å². The van der Waals surface area contributed by atoms with Gasteiger partial charge in [0.2, 0.25) is 5.91 Å². The van der Waals surface area contributed by atoms with Crippen molar-refractivity contribution in [2.45, 2.75) is 32.5 Å². The number of benzene rings is 1. The Balaban J connectivity index is 2.19. The van der Waals surface area contributed by atoms with E-state index in [0.717, 1.165) is 0 Å². The fourth-order valence-corrected chi connectivity index (χ4v) is 2.68. The van der Waals surface area contributed by atoms with Gasteiger partial charge in [0.05, 0.1) is 12.3 Å². The molecule has 0 saturated carbocycles. The van der Waals surface area contributed by atoms with Gasteiger partial charge < -0.3 is 36.1 Å². The van der Waals surface area contributed by atoms with Crippen molar-refractivity contribution < 1.29 is 32.6 Å². The van der Waals surface area contributed by atoms with Gasteiger partial charge in [-0.2, -0.15) is 8.78 Å². The first kappa shape index (κ1) is 23.3. The molecule has 1 heterocycles. The zero-order valence-electron chi connectivity index (χ0n) is 16.6. The first-order chi connectivity index (χ1) is 14.2. The molecule has 1 fully saturated rings. The van der Waals surface area contributed by atoms with E-state index in [2.05, 4.69) is 20.7 Å². The van der Waals surface area contributed by atoms with Crippen LogP contribution < -0.4 is 31.3 Å². The Morgan fingerprint density at radius 1 is 1.30 bits per heavy atom. The van der Waals surface area contributed by atoms with Gasteiger partial charge in [-0.3, -0.25) is 9.59 Å². The summed E-state index contributed by atoms with van der Waals surface area (Å²) in [5.74, 6) is -1.38. The minimum absolute atomic E-state index is 0.0609. The van der Waals surface area contributed by atoms with Gasteiger partial charge >= 0.3 is 12.6 Å². The number of amides is 4. The molecule has 2 rings (SSSR count). The van der Waals surface area contributed by atoms with Crippen molar-refractivity contribution in [3.05, 3.63) is 18.2 Å². The fourth-order valence-electron chi connectivity index (χ4n) is 2.68. The van der Waals surface area contributed by atoms with Gasteiger partial charge in [-0.15, -0.1) is 0 Å². The van der Waals surface area contributed by atoms with E-state index in [1.165, 1.54) is 23.1 Å². The molecule has 1 saturated heterocycles. The summed E-state index contributed by atoms with van der Waals surface area (Å²) in [6, 6.07) is 2.17. The molecule has 30 heavy (non-hydrogen) atoms. The molecule has 0 unspecified atom stereocenters. The number of hydrogen-bond acceptors (Lipinski definition) is 6. The van der Waals surface area contributed by atoms with Crippen molar-refractivity contribution in [3.8, 4) is 5.75 Å². The first-order valence-corrected chi connectivity index (χ1v) is 9.26. The summed E-state index contributed by atoms with van der Waals surface area (Å²) in [4.78, 5) is 37.6. The zero-order chi connectivity index (χ0) is 22.3. The summed E-state index contributed by atoms with van der Waals surface area (Å²) in [6.45, 7) is 0.545. The van der Waals surface area contributed by atoms with Crippen LogP contribution in [0.1, 0.15) is 13.8 Å². The lowest BCUT2D eigenvalue weighted by atomic mass is 10.2. The highest BCUT2D eigenvalue weighted by Gasteiger charge is 2.24. The van der Waals surface area contributed by atoms with Crippen molar-refractivity contribution >= 4 is 29.2 Å². The average Bonchev–Trinajstić information content (AvgIpc) is 2.66. The predicted octanol–water partition coefficient (Wildman–Crippen LogP) is 0.625. The minimum Gasteiger partial charge on any atom is -0.433 e. The van der Waals surface area contributed by atoms with Crippen molar-refractivity contribution in [2.75, 3.05) is 36.5 Å². The molecular weight excluding hydrogens is 404 g/mol. The number of halogens is 2. The van der Waals surface area contributed by atoms with Gasteiger partial charge in [0.25, 0.3) is 5.91 Å². The SMILES string of the molecule is CC(C)NC(=O)N[C@@H](CN)C(=O)Nc1ccc(N2CCOCC2=O)cc1OC(F)F. The monoisotopic (exact) mass is 429 g/mol. The molecule has 1 atom stereocenters. The van der Waals surface area contributed by atoms with Crippen LogP contribution in [0.2, 0.25) is 0 Å². The molecule has 4 amide bonds. The minimum atomic E-state index is -3.16. The number of alkyl halides is 2. The van der Waals surface area contributed by atoms with Crippen LogP contribution in [-0.4, -0.2) is 62.8 Å². The summed E-state index contributed by atoms with van der Waals surface area (Å²) in [6.07, 6.45) is 0. The van der Waals surface area contributed by atoms with E-state index in [4.69, 9.17) is 10.5 Å². The number of carbonyl (C=O) groups is 3. The van der Waals surface area contributed by atoms with Crippen molar-refractivity contribution in [3.63, 3.8) is 0 Å². The lowest BCUT2D eigenvalue weighted by Gasteiger charge is -2.27. The maximum atomic E-state index is 12.9. The summed E-state index contributed by atoms with van der Waals surface area (Å²) in [5.41, 5.74) is 5.81. The average molecular weight is 429 g/mol. The number of carbonyl (C=O) groups excluding carboxylic acids is 3. The number of nitrogens with one attached hydrogen (secondary N) is 3. The van der Waals surface area contributed by atoms with Crippen LogP contribution in [0.3, 0.4) is 0 Å². The molecule has 166 valence electrons. The van der Waals surface area contributed by atoms with Crippen LogP contribution in [0.4, 0.5) is 25.0 Å². The smallest absolute Gasteiger partial charge is 0.387 e. The Hall–Kier alpha value is -2.99. The number of anilines is 2. The van der Waals surface area contributed by atoms with Crippen LogP contribution in [0.5, 0.6) is 5.75 Å². The summed E-state index contributed by atoms with van der Waals surface area (Å²) >= 11 is 0. The number of morpholine rings is 1. The standard InChI is InChI=1S/C18H25F2N5O5/c1-10(2)22-18(28)24-13(8-21)16(27)23-12-4-3-11(7-14(12)30-17(19)20)25-5-6-29-9-15(25)26/h3-4,7,10,13,17H,5-6,8-9,21H2,1-2H3,(H,23,27)(H2,22,24,28)/t13-/m0/s1. The van der Waals surface area contributed by atoms with Crippen LogP contribution in [0.25, 0.3) is 0 Å². The fraction of sp³-hybridized carbons (Fsp3) is 0.500. The zero-order valence-corrected chi connectivity index (χ0v) is 16.6. The van der Waals surface area contributed by atoms with Gasteiger partial charge in [0.1, 0.15) is 12.6 Å². The Morgan fingerprint density at radius 2 is 2.03 bits per heavy atom. The van der Waals surface area contributed by atoms with Crippen LogP contribution in [0, 0.1) is 0 Å². The van der Waals surface area contributed by atoms with E-state index in [-0.39, 0.29) is 43.1 Å². The number of ether oxygens (including phenoxy) is 2.